The number of benzene rings is 7. The number of rotatable bonds is 26. The lowest BCUT2D eigenvalue weighted by molar-refractivity contribution is -0.122. The Morgan fingerprint density at radius 3 is 1.46 bits per heavy atom. The van der Waals surface area contributed by atoms with Crippen molar-refractivity contribution >= 4 is 45.0 Å². The maximum Gasteiger partial charge on any atom is 0.226 e. The monoisotopic (exact) mass is 1120 g/mol. The first-order valence-electron chi connectivity index (χ1n) is 29.1. The van der Waals surface area contributed by atoms with Crippen molar-refractivity contribution in [1.82, 2.24) is 39.5 Å². The van der Waals surface area contributed by atoms with Crippen LogP contribution in [0.15, 0.2) is 183 Å². The Hall–Kier alpha value is -8.39. The summed E-state index contributed by atoms with van der Waals surface area (Å²) in [6.07, 6.45) is 10.6. The minimum absolute atomic E-state index is 0.0171. The van der Waals surface area contributed by atoms with E-state index in [0.717, 1.165) is 78.5 Å². The smallest absolute Gasteiger partial charge is 0.226 e. The van der Waals surface area contributed by atoms with E-state index in [1.165, 1.54) is 32.7 Å². The molecule has 2 N–H and O–H groups in total. The number of nitriles is 2. The van der Waals surface area contributed by atoms with Crippen LogP contribution in [-0.2, 0) is 55.2 Å². The fraction of sp³-hybridized carbons (Fsp3) is 0.314. The van der Waals surface area contributed by atoms with Crippen LogP contribution < -0.4 is 10.6 Å². The van der Waals surface area contributed by atoms with E-state index in [1.54, 1.807) is 25.0 Å². The summed E-state index contributed by atoms with van der Waals surface area (Å²) in [7, 11) is 0. The minimum Gasteiger partial charge on any atom is -0.351 e. The number of nitrogens with zero attached hydrogens (tertiary/aromatic N) is 8. The quantitative estimate of drug-likeness (QED) is 0.0545. The molecule has 0 bridgehead atoms. The normalized spacial score (nSPS) is 12.7. The standard InChI is InChI=1S/C37H38ClN5O.C33H39N5O/c1-3-27(2)36(41-37(44)19-34-21-40-26-43(34)23-29-16-14-28(20-39)15-17-29)25-42(22-30-8-6-12-33(38)18-30)24-32-11-7-10-31-9-4-5-13-35(31)32;1-4-17-37(22-29-11-8-10-28-9-6-7-12-31(28)29)23-32(25(3)5-2)36-33(39)18-30-20-35-24-38(30)21-27-15-13-26(19-34)14-16-27/h4-18,21,26-27,36H,3,19,22-25H2,1-2H3,(H,41,44);6-16,20,24-25,32H,4-5,17-18,21-23H2,1-3H3,(H,36,39)/t;25-,32+/m.0/s1. The molecule has 83 heavy (non-hydrogen) atoms. The highest BCUT2D eigenvalue weighted by Gasteiger charge is 2.25. The highest BCUT2D eigenvalue weighted by molar-refractivity contribution is 6.30. The van der Waals surface area contributed by atoms with E-state index >= 15 is 0 Å². The summed E-state index contributed by atoms with van der Waals surface area (Å²) in [5.41, 5.74) is 8.81. The van der Waals surface area contributed by atoms with E-state index in [9.17, 15) is 9.59 Å². The number of halogens is 1. The molecule has 0 aliphatic rings. The van der Waals surface area contributed by atoms with Crippen molar-refractivity contribution in [2.75, 3.05) is 19.6 Å². The summed E-state index contributed by atoms with van der Waals surface area (Å²) in [6.45, 7) is 17.0. The molecule has 0 aliphatic carbocycles. The molecule has 0 spiro atoms. The number of imidazole rings is 2. The van der Waals surface area contributed by atoms with Gasteiger partial charge >= 0.3 is 0 Å². The number of carbonyl (C=O) groups excluding carboxylic acids is 2. The van der Waals surface area contributed by atoms with Crippen molar-refractivity contribution < 1.29 is 9.59 Å². The van der Waals surface area contributed by atoms with Crippen LogP contribution in [0.2, 0.25) is 5.02 Å². The van der Waals surface area contributed by atoms with Crippen molar-refractivity contribution in [3.63, 3.8) is 0 Å². The molecule has 0 saturated heterocycles. The van der Waals surface area contributed by atoms with Gasteiger partial charge in [0.1, 0.15) is 0 Å². The molecule has 426 valence electrons. The third-order valence-corrected chi connectivity index (χ3v) is 16.0. The van der Waals surface area contributed by atoms with Gasteiger partial charge in [0, 0.05) is 86.7 Å². The van der Waals surface area contributed by atoms with Gasteiger partial charge in [-0.3, -0.25) is 19.4 Å². The average Bonchev–Trinajstić information content (AvgIpc) is 4.28. The van der Waals surface area contributed by atoms with Gasteiger partial charge in [-0.1, -0.05) is 180 Å². The SMILES string of the molecule is CCC(C)C(CN(Cc1cccc(Cl)c1)Cc1cccc2ccccc12)NC(=O)Cc1cncn1Cc1ccc(C#N)cc1.CCCN(Cc1cccc2ccccc12)C[C@@H](NC(=O)Cc1cncn1Cc1ccc(C#N)cc1)[C@@H](C)CC. The lowest BCUT2D eigenvalue weighted by atomic mass is 9.97. The predicted molar refractivity (Wildman–Crippen MR) is 334 cm³/mol. The van der Waals surface area contributed by atoms with Crippen LogP contribution in [0.3, 0.4) is 0 Å². The zero-order chi connectivity index (χ0) is 58.5. The highest BCUT2D eigenvalue weighted by Crippen LogP contribution is 2.25. The molecule has 4 atom stereocenters. The Kier molecular flexibility index (Phi) is 22.4. The van der Waals surface area contributed by atoms with E-state index < -0.39 is 0 Å². The molecule has 0 fully saturated rings. The van der Waals surface area contributed by atoms with Crippen molar-refractivity contribution in [2.45, 2.75) is 112 Å². The summed E-state index contributed by atoms with van der Waals surface area (Å²) in [4.78, 5) is 40.3. The summed E-state index contributed by atoms with van der Waals surface area (Å²) in [5.74, 6) is 0.620. The van der Waals surface area contributed by atoms with Crippen molar-refractivity contribution in [3.8, 4) is 12.1 Å². The second kappa shape index (κ2) is 30.6. The number of carbonyl (C=O) groups is 2. The topological polar surface area (TPSA) is 148 Å². The van der Waals surface area contributed by atoms with Crippen LogP contribution in [0.4, 0.5) is 0 Å². The fourth-order valence-corrected chi connectivity index (χ4v) is 10.9. The molecular formula is C70H77ClN10O2. The van der Waals surface area contributed by atoms with Gasteiger partial charge in [-0.15, -0.1) is 0 Å². The van der Waals surface area contributed by atoms with Gasteiger partial charge in [-0.25, -0.2) is 9.97 Å². The van der Waals surface area contributed by atoms with Crippen molar-refractivity contribution in [2.24, 2.45) is 11.8 Å². The Labute approximate surface area is 495 Å². The summed E-state index contributed by atoms with van der Waals surface area (Å²) >= 11 is 6.36. The number of hydrogen-bond acceptors (Lipinski definition) is 8. The molecule has 2 aromatic heterocycles. The summed E-state index contributed by atoms with van der Waals surface area (Å²) < 4.78 is 3.99. The third kappa shape index (κ3) is 17.6. The van der Waals surface area contributed by atoms with Crippen LogP contribution in [0.25, 0.3) is 21.5 Å². The molecule has 0 aliphatic heterocycles. The zero-order valence-corrected chi connectivity index (χ0v) is 49.4. The summed E-state index contributed by atoms with van der Waals surface area (Å²) in [6, 6.07) is 57.3. The van der Waals surface area contributed by atoms with E-state index in [4.69, 9.17) is 22.1 Å². The van der Waals surface area contributed by atoms with E-state index in [1.807, 2.05) is 75.9 Å². The number of nitrogens with one attached hydrogen (secondary N) is 2. The molecule has 9 rings (SSSR count). The Morgan fingerprint density at radius 1 is 0.554 bits per heavy atom. The maximum absolute atomic E-state index is 13.5. The molecule has 2 amide bonds. The van der Waals surface area contributed by atoms with E-state index in [2.05, 4.69) is 168 Å². The second-order valence-electron chi connectivity index (χ2n) is 21.9. The minimum atomic E-state index is -0.0449. The number of hydrogen-bond donors (Lipinski definition) is 2. The lowest BCUT2D eigenvalue weighted by Crippen LogP contribution is -2.47. The first-order chi connectivity index (χ1) is 40.4. The number of aromatic nitrogens is 4. The van der Waals surface area contributed by atoms with Crippen LogP contribution in [0, 0.1) is 34.5 Å². The predicted octanol–water partition coefficient (Wildman–Crippen LogP) is 13.3. The molecule has 7 aromatic carbocycles. The molecule has 9 aromatic rings. The van der Waals surface area contributed by atoms with Gasteiger partial charge in [0.2, 0.25) is 11.8 Å². The molecule has 2 heterocycles. The van der Waals surface area contributed by atoms with Crippen LogP contribution in [0.5, 0.6) is 0 Å². The molecule has 0 saturated carbocycles. The molecular weight excluding hydrogens is 1050 g/mol. The third-order valence-electron chi connectivity index (χ3n) is 15.8. The molecule has 0 radical (unpaired) electrons. The second-order valence-corrected chi connectivity index (χ2v) is 22.4. The van der Waals surface area contributed by atoms with Gasteiger partial charge in [-0.05, 0) is 111 Å². The van der Waals surface area contributed by atoms with E-state index in [0.29, 0.717) is 43.2 Å². The fourth-order valence-electron chi connectivity index (χ4n) is 10.7. The van der Waals surface area contributed by atoms with Gasteiger partial charge in [0.25, 0.3) is 0 Å². The summed E-state index contributed by atoms with van der Waals surface area (Å²) in [5, 5.41) is 30.6. The largest absolute Gasteiger partial charge is 0.351 e. The Balaban J connectivity index is 0.000000219. The average molecular weight is 1130 g/mol. The molecule has 13 heteroatoms. The van der Waals surface area contributed by atoms with Crippen LogP contribution in [-0.4, -0.2) is 72.4 Å². The van der Waals surface area contributed by atoms with Crippen molar-refractivity contribution in [3.05, 3.63) is 238 Å². The molecule has 12 nitrogen and oxygen atoms in total. The van der Waals surface area contributed by atoms with Gasteiger partial charge in [0.05, 0.1) is 48.8 Å². The van der Waals surface area contributed by atoms with Crippen LogP contribution in [0.1, 0.15) is 104 Å². The Morgan fingerprint density at radius 2 is 1.00 bits per heavy atom. The van der Waals surface area contributed by atoms with Crippen molar-refractivity contribution in [1.29, 1.82) is 10.5 Å². The van der Waals surface area contributed by atoms with Gasteiger partial charge < -0.3 is 19.8 Å². The highest BCUT2D eigenvalue weighted by atomic mass is 35.5. The van der Waals surface area contributed by atoms with Crippen LogP contribution >= 0.6 is 11.6 Å². The zero-order valence-electron chi connectivity index (χ0n) is 48.6. The first kappa shape index (κ1) is 60.7. The molecule has 2 unspecified atom stereocenters. The first-order valence-corrected chi connectivity index (χ1v) is 29.5. The van der Waals surface area contributed by atoms with Gasteiger partial charge in [-0.2, -0.15) is 10.5 Å². The van der Waals surface area contributed by atoms with E-state index in [-0.39, 0.29) is 42.7 Å². The number of amides is 2. The lowest BCUT2D eigenvalue weighted by Gasteiger charge is -2.32. The Bertz CT molecular complexity index is 3600. The maximum atomic E-state index is 13.5. The number of fused-ring (bicyclic) bond motifs is 2. The van der Waals surface area contributed by atoms with Gasteiger partial charge in [0.15, 0.2) is 0 Å².